The second kappa shape index (κ2) is 4.70. The van der Waals surface area contributed by atoms with E-state index in [4.69, 9.17) is 5.11 Å². The van der Waals surface area contributed by atoms with Crippen LogP contribution in [0.5, 0.6) is 0 Å². The van der Waals surface area contributed by atoms with Gasteiger partial charge in [-0.1, -0.05) is 0 Å². The number of carboxylic acids is 1. The molecule has 2 rings (SSSR count). The first-order chi connectivity index (χ1) is 8.11. The van der Waals surface area contributed by atoms with Gasteiger partial charge in [0.1, 0.15) is 6.04 Å². The first kappa shape index (κ1) is 11.8. The number of nitrogens with zero attached hydrogens (tertiary/aromatic N) is 2. The van der Waals surface area contributed by atoms with Crippen molar-refractivity contribution in [3.8, 4) is 0 Å². The molecule has 1 atom stereocenters. The SMILES string of the molecule is O=C(O)C1CSCN1C(=O)c1cccnc1F. The molecule has 17 heavy (non-hydrogen) atoms. The van der Waals surface area contributed by atoms with Crippen molar-refractivity contribution in [2.45, 2.75) is 6.04 Å². The van der Waals surface area contributed by atoms with Crippen LogP contribution in [0.25, 0.3) is 0 Å². The molecule has 1 N–H and O–H groups in total. The molecule has 0 spiro atoms. The normalized spacial score (nSPS) is 19.4. The monoisotopic (exact) mass is 256 g/mol. The highest BCUT2D eigenvalue weighted by molar-refractivity contribution is 7.99. The summed E-state index contributed by atoms with van der Waals surface area (Å²) in [5, 5.41) is 8.93. The Morgan fingerprint density at radius 3 is 3.00 bits per heavy atom. The number of carbonyl (C=O) groups is 2. The van der Waals surface area contributed by atoms with E-state index in [2.05, 4.69) is 4.98 Å². The van der Waals surface area contributed by atoms with Crippen LogP contribution in [0.15, 0.2) is 18.3 Å². The van der Waals surface area contributed by atoms with E-state index in [1.165, 1.54) is 30.1 Å². The van der Waals surface area contributed by atoms with Crippen LogP contribution < -0.4 is 0 Å². The third kappa shape index (κ3) is 2.23. The number of thioether (sulfide) groups is 1. The van der Waals surface area contributed by atoms with Gasteiger partial charge >= 0.3 is 5.97 Å². The summed E-state index contributed by atoms with van der Waals surface area (Å²) in [4.78, 5) is 27.4. The third-order valence-corrected chi connectivity index (χ3v) is 3.43. The summed E-state index contributed by atoms with van der Waals surface area (Å²) < 4.78 is 13.3. The molecule has 7 heteroatoms. The van der Waals surface area contributed by atoms with Crippen molar-refractivity contribution in [3.63, 3.8) is 0 Å². The summed E-state index contributed by atoms with van der Waals surface area (Å²) in [5.74, 6) is -2.01. The fourth-order valence-electron chi connectivity index (χ4n) is 1.55. The van der Waals surface area contributed by atoms with Gasteiger partial charge in [-0.05, 0) is 12.1 Å². The van der Waals surface area contributed by atoms with Gasteiger partial charge in [-0.3, -0.25) is 4.79 Å². The topological polar surface area (TPSA) is 70.5 Å². The Bertz CT molecular complexity index is 469. The molecule has 0 radical (unpaired) electrons. The van der Waals surface area contributed by atoms with Crippen molar-refractivity contribution in [2.75, 3.05) is 11.6 Å². The van der Waals surface area contributed by atoms with Crippen LogP contribution in [0.4, 0.5) is 4.39 Å². The van der Waals surface area contributed by atoms with E-state index in [1.54, 1.807) is 0 Å². The molecule has 0 saturated carbocycles. The zero-order valence-electron chi connectivity index (χ0n) is 8.67. The van der Waals surface area contributed by atoms with Gasteiger partial charge in [0, 0.05) is 11.9 Å². The Hall–Kier alpha value is -1.63. The van der Waals surface area contributed by atoms with Crippen molar-refractivity contribution in [1.82, 2.24) is 9.88 Å². The summed E-state index contributed by atoms with van der Waals surface area (Å²) in [6, 6.07) is 1.84. The van der Waals surface area contributed by atoms with Crippen LogP contribution in [0.3, 0.4) is 0 Å². The lowest BCUT2D eigenvalue weighted by Crippen LogP contribution is -2.42. The molecule has 90 valence electrons. The van der Waals surface area contributed by atoms with Crippen LogP contribution in [0.1, 0.15) is 10.4 Å². The molecule has 1 aliphatic rings. The third-order valence-electron chi connectivity index (χ3n) is 2.42. The lowest BCUT2D eigenvalue weighted by Gasteiger charge is -2.20. The maximum absolute atomic E-state index is 13.3. The number of carbonyl (C=O) groups excluding carboxylic acids is 1. The van der Waals surface area contributed by atoms with Gasteiger partial charge in [0.25, 0.3) is 5.91 Å². The van der Waals surface area contributed by atoms with Crippen molar-refractivity contribution in [1.29, 1.82) is 0 Å². The van der Waals surface area contributed by atoms with Gasteiger partial charge in [-0.2, -0.15) is 4.39 Å². The number of carboxylic acid groups (broad SMARTS) is 1. The highest BCUT2D eigenvalue weighted by atomic mass is 32.2. The summed E-state index contributed by atoms with van der Waals surface area (Å²) in [6.07, 6.45) is 1.24. The van der Waals surface area contributed by atoms with E-state index in [0.29, 0.717) is 5.75 Å². The quantitative estimate of drug-likeness (QED) is 0.793. The molecule has 1 fully saturated rings. The number of hydrogen-bond donors (Lipinski definition) is 1. The molecule has 2 heterocycles. The van der Waals surface area contributed by atoms with Crippen LogP contribution in [0.2, 0.25) is 0 Å². The van der Waals surface area contributed by atoms with Crippen LogP contribution in [-0.4, -0.2) is 44.5 Å². The van der Waals surface area contributed by atoms with Gasteiger partial charge in [0.15, 0.2) is 0 Å². The fourth-order valence-corrected chi connectivity index (χ4v) is 2.69. The minimum atomic E-state index is -1.08. The Labute approximate surface area is 101 Å². The summed E-state index contributed by atoms with van der Waals surface area (Å²) >= 11 is 1.33. The number of amides is 1. The minimum Gasteiger partial charge on any atom is -0.480 e. The predicted molar refractivity (Wildman–Crippen MR) is 59.1 cm³/mol. The fraction of sp³-hybridized carbons (Fsp3) is 0.300. The zero-order chi connectivity index (χ0) is 12.4. The number of aromatic nitrogens is 1. The van der Waals surface area contributed by atoms with E-state index < -0.39 is 23.9 Å². The number of hydrogen-bond acceptors (Lipinski definition) is 4. The Kier molecular flexibility index (Phi) is 3.28. The number of halogens is 1. The van der Waals surface area contributed by atoms with E-state index in [0.717, 1.165) is 4.90 Å². The molecule has 1 amide bonds. The van der Waals surface area contributed by atoms with Gasteiger partial charge in [0.05, 0.1) is 11.4 Å². The van der Waals surface area contributed by atoms with E-state index in [1.807, 2.05) is 0 Å². The first-order valence-corrected chi connectivity index (χ1v) is 5.98. The maximum atomic E-state index is 13.3. The molecule has 0 aliphatic carbocycles. The highest BCUT2D eigenvalue weighted by Gasteiger charge is 2.35. The maximum Gasteiger partial charge on any atom is 0.327 e. The van der Waals surface area contributed by atoms with Gasteiger partial charge < -0.3 is 10.0 Å². The van der Waals surface area contributed by atoms with Gasteiger partial charge in [-0.15, -0.1) is 11.8 Å². The van der Waals surface area contributed by atoms with E-state index in [-0.39, 0.29) is 11.4 Å². The summed E-state index contributed by atoms with van der Waals surface area (Å²) in [7, 11) is 0. The summed E-state index contributed by atoms with van der Waals surface area (Å²) in [5.41, 5.74) is -0.193. The molecule has 1 unspecified atom stereocenters. The van der Waals surface area contributed by atoms with Crippen molar-refractivity contribution >= 4 is 23.6 Å². The number of pyridine rings is 1. The number of rotatable bonds is 2. The van der Waals surface area contributed by atoms with Crippen molar-refractivity contribution in [2.24, 2.45) is 0 Å². The smallest absolute Gasteiger partial charge is 0.327 e. The Morgan fingerprint density at radius 2 is 2.35 bits per heavy atom. The predicted octanol–water partition coefficient (Wildman–Crippen LogP) is 0.820. The minimum absolute atomic E-state index is 0.193. The summed E-state index contributed by atoms with van der Waals surface area (Å²) in [6.45, 7) is 0. The zero-order valence-corrected chi connectivity index (χ0v) is 9.48. The second-order valence-corrected chi connectivity index (χ2v) is 4.47. The average Bonchev–Trinajstić information content (AvgIpc) is 2.77. The van der Waals surface area contributed by atoms with Crippen molar-refractivity contribution in [3.05, 3.63) is 29.8 Å². The van der Waals surface area contributed by atoms with Gasteiger partial charge in [0.2, 0.25) is 5.95 Å². The van der Waals surface area contributed by atoms with Crippen LogP contribution in [0, 0.1) is 5.95 Å². The van der Waals surface area contributed by atoms with Crippen LogP contribution in [-0.2, 0) is 4.79 Å². The molecular weight excluding hydrogens is 247 g/mol. The first-order valence-electron chi connectivity index (χ1n) is 4.83. The molecule has 1 saturated heterocycles. The highest BCUT2D eigenvalue weighted by Crippen LogP contribution is 2.23. The molecule has 5 nitrogen and oxygen atoms in total. The van der Waals surface area contributed by atoms with E-state index in [9.17, 15) is 14.0 Å². The van der Waals surface area contributed by atoms with E-state index >= 15 is 0 Å². The second-order valence-electron chi connectivity index (χ2n) is 3.47. The molecule has 1 aliphatic heterocycles. The molecule has 1 aromatic rings. The largest absolute Gasteiger partial charge is 0.480 e. The van der Waals surface area contributed by atoms with Crippen LogP contribution >= 0.6 is 11.8 Å². The average molecular weight is 256 g/mol. The molecular formula is C10H9FN2O3S. The molecule has 0 bridgehead atoms. The van der Waals surface area contributed by atoms with Crippen molar-refractivity contribution < 1.29 is 19.1 Å². The molecule has 1 aromatic heterocycles. The lowest BCUT2D eigenvalue weighted by atomic mass is 10.2. The van der Waals surface area contributed by atoms with Gasteiger partial charge in [-0.25, -0.2) is 9.78 Å². The number of aliphatic carboxylic acids is 1. The Balaban J connectivity index is 2.26. The molecule has 0 aromatic carbocycles. The standard InChI is InChI=1S/C10H9FN2O3S/c11-8-6(2-1-3-12-8)9(14)13-5-17-4-7(13)10(15)16/h1-3,7H,4-5H2,(H,15,16). The lowest BCUT2D eigenvalue weighted by molar-refractivity contribution is -0.140. The Morgan fingerprint density at radius 1 is 1.59 bits per heavy atom.